The van der Waals surface area contributed by atoms with Crippen molar-refractivity contribution in [3.63, 3.8) is 0 Å². The smallest absolute Gasteiger partial charge is 0.242 e. The first-order valence-corrected chi connectivity index (χ1v) is 9.18. The molecular weight excluding hydrogens is 340 g/mol. The number of nitrogens with one attached hydrogen (secondary N) is 2. The van der Waals surface area contributed by atoms with Crippen molar-refractivity contribution in [1.29, 1.82) is 0 Å². The lowest BCUT2D eigenvalue weighted by Gasteiger charge is -2.36. The van der Waals surface area contributed by atoms with Gasteiger partial charge in [-0.3, -0.25) is 14.5 Å². The summed E-state index contributed by atoms with van der Waals surface area (Å²) in [5.41, 5.74) is 1.04. The summed E-state index contributed by atoms with van der Waals surface area (Å²) >= 11 is 6.24. The minimum atomic E-state index is -0.511. The fraction of sp³-hybridized carbons (Fsp3) is 0.556. The van der Waals surface area contributed by atoms with Crippen LogP contribution in [0, 0.1) is 0 Å². The number of nitrogens with zero attached hydrogens (tertiary/aromatic N) is 2. The lowest BCUT2D eigenvalue weighted by Crippen LogP contribution is -2.52. The monoisotopic (exact) mass is 366 g/mol. The molecule has 6 nitrogen and oxygen atoms in total. The summed E-state index contributed by atoms with van der Waals surface area (Å²) in [5.74, 6) is -0.260. The number of rotatable bonds is 7. The lowest BCUT2D eigenvalue weighted by molar-refractivity contribution is -0.129. The fourth-order valence-corrected chi connectivity index (χ4v) is 3.07. The third-order valence-corrected chi connectivity index (χ3v) is 4.57. The molecule has 1 aromatic carbocycles. The Morgan fingerprint density at radius 1 is 1.20 bits per heavy atom. The Hall–Kier alpha value is -1.79. The van der Waals surface area contributed by atoms with Gasteiger partial charge in [-0.05, 0) is 25.5 Å². The van der Waals surface area contributed by atoms with Crippen molar-refractivity contribution >= 4 is 29.1 Å². The van der Waals surface area contributed by atoms with Crippen LogP contribution in [0.25, 0.3) is 0 Å². The molecule has 0 radical (unpaired) electrons. The number of benzene rings is 1. The summed E-state index contributed by atoms with van der Waals surface area (Å²) in [6.07, 6.45) is 0.877. The summed E-state index contributed by atoms with van der Waals surface area (Å²) in [7, 11) is 0. The third kappa shape index (κ3) is 5.90. The van der Waals surface area contributed by atoms with E-state index < -0.39 is 6.04 Å². The Kier molecular flexibility index (Phi) is 7.52. The molecule has 2 rings (SSSR count). The second kappa shape index (κ2) is 9.63. The van der Waals surface area contributed by atoms with Gasteiger partial charge in [-0.2, -0.15) is 0 Å². The highest BCUT2D eigenvalue weighted by Gasteiger charge is 2.22. The molecule has 0 aliphatic carbocycles. The van der Waals surface area contributed by atoms with Crippen molar-refractivity contribution in [3.05, 3.63) is 29.3 Å². The highest BCUT2D eigenvalue weighted by molar-refractivity contribution is 6.33. The first-order valence-electron chi connectivity index (χ1n) is 8.80. The number of anilines is 1. The van der Waals surface area contributed by atoms with E-state index in [0.717, 1.165) is 43.3 Å². The largest absolute Gasteiger partial charge is 0.368 e. The average molecular weight is 367 g/mol. The van der Waals surface area contributed by atoms with E-state index in [0.29, 0.717) is 13.1 Å². The average Bonchev–Trinajstić information content (AvgIpc) is 2.60. The number of hydrogen-bond donors (Lipinski definition) is 2. The van der Waals surface area contributed by atoms with Crippen LogP contribution < -0.4 is 15.5 Å². The van der Waals surface area contributed by atoms with Crippen LogP contribution in [-0.4, -0.2) is 62.0 Å². The Morgan fingerprint density at radius 3 is 2.52 bits per heavy atom. The molecule has 0 saturated carbocycles. The second-order valence-corrected chi connectivity index (χ2v) is 6.70. The van der Waals surface area contributed by atoms with Gasteiger partial charge in [0.2, 0.25) is 11.8 Å². The summed E-state index contributed by atoms with van der Waals surface area (Å²) < 4.78 is 0. The minimum absolute atomic E-state index is 0.120. The Bertz CT molecular complexity index is 588. The van der Waals surface area contributed by atoms with Gasteiger partial charge >= 0.3 is 0 Å². The molecule has 138 valence electrons. The SMILES string of the molecule is CCCNC(=O)C(C)NC(=O)CN1CCN(c2ccccc2Cl)CC1. The topological polar surface area (TPSA) is 64.7 Å². The molecule has 2 amide bonds. The molecule has 1 saturated heterocycles. The molecule has 1 atom stereocenters. The highest BCUT2D eigenvalue weighted by Crippen LogP contribution is 2.25. The molecule has 1 aliphatic rings. The van der Waals surface area contributed by atoms with Crippen molar-refractivity contribution < 1.29 is 9.59 Å². The van der Waals surface area contributed by atoms with Crippen molar-refractivity contribution in [2.45, 2.75) is 26.3 Å². The number of halogens is 1. The quantitative estimate of drug-likeness (QED) is 0.767. The maximum absolute atomic E-state index is 12.1. The summed E-state index contributed by atoms with van der Waals surface area (Å²) in [5, 5.41) is 6.29. The molecule has 0 bridgehead atoms. The van der Waals surface area contributed by atoms with Crippen LogP contribution in [-0.2, 0) is 9.59 Å². The van der Waals surface area contributed by atoms with Crippen LogP contribution in [0.4, 0.5) is 5.69 Å². The zero-order valence-electron chi connectivity index (χ0n) is 14.9. The van der Waals surface area contributed by atoms with Crippen LogP contribution in [0.1, 0.15) is 20.3 Å². The molecule has 1 aromatic rings. The Morgan fingerprint density at radius 2 is 1.88 bits per heavy atom. The predicted molar refractivity (Wildman–Crippen MR) is 101 cm³/mol. The van der Waals surface area contributed by atoms with E-state index >= 15 is 0 Å². The molecule has 1 fully saturated rings. The van der Waals surface area contributed by atoms with Gasteiger partial charge < -0.3 is 15.5 Å². The van der Waals surface area contributed by atoms with Gasteiger partial charge in [-0.25, -0.2) is 0 Å². The molecule has 2 N–H and O–H groups in total. The van der Waals surface area contributed by atoms with Crippen LogP contribution in [0.5, 0.6) is 0 Å². The summed E-state index contributed by atoms with van der Waals surface area (Å²) in [6, 6.07) is 7.29. The van der Waals surface area contributed by atoms with Crippen LogP contribution in [0.3, 0.4) is 0 Å². The number of hydrogen-bond acceptors (Lipinski definition) is 4. The second-order valence-electron chi connectivity index (χ2n) is 6.29. The van der Waals surface area contributed by atoms with Crippen LogP contribution >= 0.6 is 11.6 Å². The fourth-order valence-electron chi connectivity index (χ4n) is 2.81. The predicted octanol–water partition coefficient (Wildman–Crippen LogP) is 1.49. The molecule has 25 heavy (non-hydrogen) atoms. The zero-order valence-corrected chi connectivity index (χ0v) is 15.7. The Balaban J connectivity index is 1.75. The zero-order chi connectivity index (χ0) is 18.2. The van der Waals surface area contributed by atoms with Gasteiger partial charge in [0.05, 0.1) is 17.3 Å². The van der Waals surface area contributed by atoms with Gasteiger partial charge in [0.1, 0.15) is 6.04 Å². The highest BCUT2D eigenvalue weighted by atomic mass is 35.5. The Labute approximate surface area is 154 Å². The maximum atomic E-state index is 12.1. The molecule has 1 unspecified atom stereocenters. The van der Waals surface area contributed by atoms with E-state index in [1.54, 1.807) is 6.92 Å². The van der Waals surface area contributed by atoms with E-state index in [2.05, 4.69) is 20.4 Å². The van der Waals surface area contributed by atoms with E-state index in [4.69, 9.17) is 11.6 Å². The van der Waals surface area contributed by atoms with Crippen molar-refractivity contribution in [1.82, 2.24) is 15.5 Å². The third-order valence-electron chi connectivity index (χ3n) is 4.25. The van der Waals surface area contributed by atoms with Crippen molar-refractivity contribution in [3.8, 4) is 0 Å². The van der Waals surface area contributed by atoms with Crippen LogP contribution in [0.15, 0.2) is 24.3 Å². The standard InChI is InChI=1S/C18H27ClN4O2/c1-3-8-20-18(25)14(2)21-17(24)13-22-9-11-23(12-10-22)16-7-5-4-6-15(16)19/h4-7,14H,3,8-13H2,1-2H3,(H,20,25)(H,21,24). The molecule has 7 heteroatoms. The number of carbonyl (C=O) groups is 2. The molecule has 1 aliphatic heterocycles. The van der Waals surface area contributed by atoms with Crippen molar-refractivity contribution in [2.24, 2.45) is 0 Å². The normalized spacial score (nSPS) is 16.4. The van der Waals surface area contributed by atoms with Gasteiger partial charge in [-0.15, -0.1) is 0 Å². The minimum Gasteiger partial charge on any atom is -0.368 e. The van der Waals surface area contributed by atoms with Crippen LogP contribution in [0.2, 0.25) is 5.02 Å². The van der Waals surface area contributed by atoms with E-state index in [9.17, 15) is 9.59 Å². The number of para-hydroxylation sites is 1. The number of piperazine rings is 1. The molecule has 0 aromatic heterocycles. The van der Waals surface area contributed by atoms with Crippen molar-refractivity contribution in [2.75, 3.05) is 44.2 Å². The van der Waals surface area contributed by atoms with E-state index in [-0.39, 0.29) is 11.8 Å². The van der Waals surface area contributed by atoms with Gasteiger partial charge in [0.25, 0.3) is 0 Å². The van der Waals surface area contributed by atoms with Gasteiger partial charge in [0.15, 0.2) is 0 Å². The first kappa shape index (κ1) is 19.5. The van der Waals surface area contributed by atoms with E-state index in [1.807, 2.05) is 31.2 Å². The van der Waals surface area contributed by atoms with Gasteiger partial charge in [0, 0.05) is 32.7 Å². The number of carbonyl (C=O) groups excluding carboxylic acids is 2. The van der Waals surface area contributed by atoms with Gasteiger partial charge in [-0.1, -0.05) is 30.7 Å². The maximum Gasteiger partial charge on any atom is 0.242 e. The number of amides is 2. The van der Waals surface area contributed by atoms with E-state index in [1.165, 1.54) is 0 Å². The lowest BCUT2D eigenvalue weighted by atomic mass is 10.2. The summed E-state index contributed by atoms with van der Waals surface area (Å²) in [4.78, 5) is 28.3. The first-order chi connectivity index (χ1) is 12.0. The molecule has 1 heterocycles. The molecular formula is C18H27ClN4O2. The summed E-state index contributed by atoms with van der Waals surface area (Å²) in [6.45, 7) is 7.85. The molecule has 0 spiro atoms.